The van der Waals surface area contributed by atoms with Crippen molar-refractivity contribution in [3.63, 3.8) is 0 Å². The summed E-state index contributed by atoms with van der Waals surface area (Å²) in [6, 6.07) is 8.84. The van der Waals surface area contributed by atoms with Crippen LogP contribution >= 0.6 is 0 Å². The molecule has 0 bridgehead atoms. The highest BCUT2D eigenvalue weighted by molar-refractivity contribution is 5.47. The van der Waals surface area contributed by atoms with Crippen LogP contribution in [0.15, 0.2) is 24.3 Å². The van der Waals surface area contributed by atoms with Crippen LogP contribution in [0.4, 0.5) is 5.69 Å². The fourth-order valence-corrected chi connectivity index (χ4v) is 1.57. The molecule has 0 N–H and O–H groups in total. The summed E-state index contributed by atoms with van der Waals surface area (Å²) >= 11 is 0. The van der Waals surface area contributed by atoms with Crippen molar-refractivity contribution < 1.29 is 0 Å². The van der Waals surface area contributed by atoms with Crippen LogP contribution in [0.3, 0.4) is 0 Å². The van der Waals surface area contributed by atoms with Gasteiger partial charge in [-0.3, -0.25) is 0 Å². The maximum absolute atomic E-state index is 2.30. The summed E-state index contributed by atoms with van der Waals surface area (Å²) in [5.74, 6) is 0.734. The molecule has 0 saturated carbocycles. The van der Waals surface area contributed by atoms with Crippen molar-refractivity contribution in [2.45, 2.75) is 27.2 Å². The molecular formula is C13H21N. The maximum atomic E-state index is 2.30. The predicted molar refractivity (Wildman–Crippen MR) is 63.9 cm³/mol. The number of hydrogen-bond acceptors (Lipinski definition) is 1. The van der Waals surface area contributed by atoms with Crippen LogP contribution in [0.25, 0.3) is 0 Å². The third-order valence-electron chi connectivity index (χ3n) is 2.47. The minimum absolute atomic E-state index is 0.734. The van der Waals surface area contributed by atoms with Crippen molar-refractivity contribution in [2.75, 3.05) is 18.5 Å². The minimum Gasteiger partial charge on any atom is -0.375 e. The lowest BCUT2D eigenvalue weighted by molar-refractivity contribution is 0.647. The highest BCUT2D eigenvalue weighted by Gasteiger charge is 2.01. The Hall–Kier alpha value is -0.980. The Morgan fingerprint density at radius 1 is 1.29 bits per heavy atom. The number of nitrogens with zero attached hydrogens (tertiary/aromatic N) is 1. The normalized spacial score (nSPS) is 10.6. The van der Waals surface area contributed by atoms with Gasteiger partial charge < -0.3 is 4.90 Å². The van der Waals surface area contributed by atoms with E-state index in [1.54, 1.807) is 0 Å². The van der Waals surface area contributed by atoms with Crippen LogP contribution in [0.1, 0.15) is 26.3 Å². The zero-order valence-electron chi connectivity index (χ0n) is 9.75. The van der Waals surface area contributed by atoms with Crippen molar-refractivity contribution >= 4 is 5.69 Å². The van der Waals surface area contributed by atoms with Gasteiger partial charge in [0, 0.05) is 19.3 Å². The average Bonchev–Trinajstić information content (AvgIpc) is 2.16. The maximum Gasteiger partial charge on any atom is 0.0366 e. The second-order valence-electron chi connectivity index (χ2n) is 4.28. The summed E-state index contributed by atoms with van der Waals surface area (Å²) < 4.78 is 0. The molecule has 0 radical (unpaired) electrons. The minimum atomic E-state index is 0.734. The van der Waals surface area contributed by atoms with Gasteiger partial charge in [0.25, 0.3) is 0 Å². The molecule has 0 unspecified atom stereocenters. The van der Waals surface area contributed by atoms with Crippen LogP contribution in [0.2, 0.25) is 0 Å². The Labute approximate surface area is 87.7 Å². The highest BCUT2D eigenvalue weighted by atomic mass is 15.1. The molecule has 1 rings (SSSR count). The van der Waals surface area contributed by atoms with Gasteiger partial charge in [0.05, 0.1) is 0 Å². The molecule has 1 heteroatoms. The average molecular weight is 191 g/mol. The highest BCUT2D eigenvalue weighted by Crippen LogP contribution is 2.16. The van der Waals surface area contributed by atoms with Crippen molar-refractivity contribution in [2.24, 2.45) is 5.92 Å². The van der Waals surface area contributed by atoms with E-state index in [4.69, 9.17) is 0 Å². The van der Waals surface area contributed by atoms with E-state index < -0.39 is 0 Å². The van der Waals surface area contributed by atoms with Crippen LogP contribution in [-0.4, -0.2) is 13.6 Å². The molecule has 0 amide bonds. The predicted octanol–water partition coefficient (Wildman–Crippen LogP) is 3.34. The van der Waals surface area contributed by atoms with E-state index in [1.807, 2.05) is 0 Å². The van der Waals surface area contributed by atoms with Crippen molar-refractivity contribution in [3.05, 3.63) is 29.8 Å². The van der Waals surface area contributed by atoms with Crippen molar-refractivity contribution in [1.29, 1.82) is 0 Å². The standard InChI is InChI=1S/C13H21N/c1-5-14(4)13-8-6-7-12(10-13)9-11(2)3/h6-8,10-11H,5,9H2,1-4H3. The summed E-state index contributed by atoms with van der Waals surface area (Å²) in [6.07, 6.45) is 1.17. The third-order valence-corrected chi connectivity index (χ3v) is 2.47. The van der Waals surface area contributed by atoms with Gasteiger partial charge in [0.2, 0.25) is 0 Å². The molecule has 1 aromatic rings. The van der Waals surface area contributed by atoms with Gasteiger partial charge in [0.15, 0.2) is 0 Å². The summed E-state index contributed by atoms with van der Waals surface area (Å²) in [5, 5.41) is 0. The first-order chi connectivity index (χ1) is 6.63. The lowest BCUT2D eigenvalue weighted by Gasteiger charge is -2.17. The Balaban J connectivity index is 2.78. The molecule has 0 fully saturated rings. The molecule has 0 aromatic heterocycles. The first kappa shape index (κ1) is 11.1. The smallest absolute Gasteiger partial charge is 0.0366 e. The first-order valence-electron chi connectivity index (χ1n) is 5.43. The van der Waals surface area contributed by atoms with E-state index in [2.05, 4.69) is 57.0 Å². The summed E-state index contributed by atoms with van der Waals surface area (Å²) in [5.41, 5.74) is 2.77. The number of hydrogen-bond donors (Lipinski definition) is 0. The molecule has 0 aliphatic carbocycles. The number of rotatable bonds is 4. The second kappa shape index (κ2) is 5.04. The molecular weight excluding hydrogens is 170 g/mol. The Morgan fingerprint density at radius 3 is 2.57 bits per heavy atom. The van der Waals surface area contributed by atoms with Crippen LogP contribution < -0.4 is 4.90 Å². The summed E-state index contributed by atoms with van der Waals surface area (Å²) in [4.78, 5) is 2.27. The zero-order valence-corrected chi connectivity index (χ0v) is 9.75. The van der Waals surface area contributed by atoms with E-state index in [-0.39, 0.29) is 0 Å². The van der Waals surface area contributed by atoms with Gasteiger partial charge in [-0.1, -0.05) is 26.0 Å². The molecule has 0 heterocycles. The van der Waals surface area contributed by atoms with Gasteiger partial charge in [-0.2, -0.15) is 0 Å². The monoisotopic (exact) mass is 191 g/mol. The van der Waals surface area contributed by atoms with E-state index in [9.17, 15) is 0 Å². The number of anilines is 1. The number of benzene rings is 1. The van der Waals surface area contributed by atoms with E-state index in [0.29, 0.717) is 0 Å². The lowest BCUT2D eigenvalue weighted by atomic mass is 10.0. The quantitative estimate of drug-likeness (QED) is 0.705. The largest absolute Gasteiger partial charge is 0.375 e. The third kappa shape index (κ3) is 3.06. The van der Waals surface area contributed by atoms with Gasteiger partial charge in [-0.15, -0.1) is 0 Å². The van der Waals surface area contributed by atoms with Crippen LogP contribution in [-0.2, 0) is 6.42 Å². The molecule has 0 saturated heterocycles. The Morgan fingerprint density at radius 2 is 2.00 bits per heavy atom. The first-order valence-corrected chi connectivity index (χ1v) is 5.43. The fraction of sp³-hybridized carbons (Fsp3) is 0.538. The van der Waals surface area contributed by atoms with Gasteiger partial charge in [-0.25, -0.2) is 0 Å². The lowest BCUT2D eigenvalue weighted by Crippen LogP contribution is -2.15. The van der Waals surface area contributed by atoms with Crippen molar-refractivity contribution in [3.8, 4) is 0 Å². The molecule has 78 valence electrons. The van der Waals surface area contributed by atoms with E-state index >= 15 is 0 Å². The fourth-order valence-electron chi connectivity index (χ4n) is 1.57. The van der Waals surface area contributed by atoms with E-state index in [0.717, 1.165) is 12.5 Å². The second-order valence-corrected chi connectivity index (χ2v) is 4.28. The van der Waals surface area contributed by atoms with E-state index in [1.165, 1.54) is 17.7 Å². The van der Waals surface area contributed by atoms with Gasteiger partial charge in [0.1, 0.15) is 0 Å². The molecule has 0 atom stereocenters. The van der Waals surface area contributed by atoms with Gasteiger partial charge >= 0.3 is 0 Å². The summed E-state index contributed by atoms with van der Waals surface area (Å²) in [7, 11) is 2.13. The summed E-state index contributed by atoms with van der Waals surface area (Å²) in [6.45, 7) is 7.76. The zero-order chi connectivity index (χ0) is 10.6. The molecule has 0 aliphatic heterocycles. The SMILES string of the molecule is CCN(C)c1cccc(CC(C)C)c1. The molecule has 14 heavy (non-hydrogen) atoms. The topological polar surface area (TPSA) is 3.24 Å². The van der Waals surface area contributed by atoms with Crippen LogP contribution in [0.5, 0.6) is 0 Å². The molecule has 0 aliphatic rings. The molecule has 1 nitrogen and oxygen atoms in total. The Kier molecular flexibility index (Phi) is 3.99. The molecule has 1 aromatic carbocycles. The van der Waals surface area contributed by atoms with Crippen molar-refractivity contribution in [1.82, 2.24) is 0 Å². The van der Waals surface area contributed by atoms with Crippen LogP contribution in [0, 0.1) is 5.92 Å². The van der Waals surface area contributed by atoms with Gasteiger partial charge in [-0.05, 0) is 37.0 Å². The Bertz CT molecular complexity index is 278. The molecule has 0 spiro atoms.